The van der Waals surface area contributed by atoms with Gasteiger partial charge >= 0.3 is 0 Å². The third-order valence-electron chi connectivity index (χ3n) is 3.91. The molecule has 3 aromatic carbocycles. The van der Waals surface area contributed by atoms with Crippen molar-refractivity contribution < 1.29 is 22.0 Å². The van der Waals surface area contributed by atoms with E-state index in [1.165, 1.54) is 18.2 Å². The number of benzene rings is 3. The summed E-state index contributed by atoms with van der Waals surface area (Å²) in [6.45, 7) is 1.87. The van der Waals surface area contributed by atoms with E-state index in [0.717, 1.165) is 29.8 Å². The molecule has 0 saturated heterocycles. The molecule has 2 N–H and O–H groups in total. The second kappa shape index (κ2) is 7.77. The Bertz CT molecular complexity index is 1110. The van der Waals surface area contributed by atoms with Crippen molar-refractivity contribution in [1.29, 1.82) is 0 Å². The van der Waals surface area contributed by atoms with Crippen molar-refractivity contribution in [2.45, 2.75) is 11.8 Å². The van der Waals surface area contributed by atoms with Gasteiger partial charge in [0.05, 0.1) is 10.6 Å². The molecular formula is C20H16F2N2O3S. The van der Waals surface area contributed by atoms with E-state index in [2.05, 4.69) is 10.0 Å². The van der Waals surface area contributed by atoms with Gasteiger partial charge in [-0.15, -0.1) is 0 Å². The van der Waals surface area contributed by atoms with Gasteiger partial charge in [-0.3, -0.25) is 9.52 Å². The Morgan fingerprint density at radius 1 is 0.893 bits per heavy atom. The van der Waals surface area contributed by atoms with E-state index in [-0.39, 0.29) is 16.1 Å². The molecule has 0 fully saturated rings. The van der Waals surface area contributed by atoms with Gasteiger partial charge in [0.1, 0.15) is 11.6 Å². The standard InChI is InChI=1S/C20H16F2N2O3S/c1-13-2-8-16(9-3-13)24-28(26,27)17-10-11-19(18(22)12-17)23-20(25)14-4-6-15(21)7-5-14/h2-12,24H,1H3,(H,23,25). The molecule has 144 valence electrons. The van der Waals surface area contributed by atoms with Crippen molar-refractivity contribution in [2.75, 3.05) is 10.0 Å². The van der Waals surface area contributed by atoms with Crippen LogP contribution in [0.2, 0.25) is 0 Å². The Labute approximate surface area is 161 Å². The first-order valence-corrected chi connectivity index (χ1v) is 9.69. The highest BCUT2D eigenvalue weighted by Gasteiger charge is 2.18. The van der Waals surface area contributed by atoms with Gasteiger partial charge in [-0.25, -0.2) is 17.2 Å². The highest BCUT2D eigenvalue weighted by atomic mass is 32.2. The van der Waals surface area contributed by atoms with Gasteiger partial charge in [-0.1, -0.05) is 17.7 Å². The minimum atomic E-state index is -4.00. The highest BCUT2D eigenvalue weighted by molar-refractivity contribution is 7.92. The van der Waals surface area contributed by atoms with E-state index in [0.29, 0.717) is 5.69 Å². The molecule has 0 saturated carbocycles. The first kappa shape index (κ1) is 19.5. The zero-order chi connectivity index (χ0) is 20.3. The number of hydrogen-bond donors (Lipinski definition) is 2. The zero-order valence-corrected chi connectivity index (χ0v) is 15.6. The first-order valence-electron chi connectivity index (χ1n) is 8.20. The van der Waals surface area contributed by atoms with Crippen LogP contribution in [0.3, 0.4) is 0 Å². The molecule has 0 aliphatic heterocycles. The summed E-state index contributed by atoms with van der Waals surface area (Å²) >= 11 is 0. The van der Waals surface area contributed by atoms with Crippen LogP contribution in [0.15, 0.2) is 71.6 Å². The molecule has 0 bridgehead atoms. The molecule has 28 heavy (non-hydrogen) atoms. The van der Waals surface area contributed by atoms with Crippen LogP contribution >= 0.6 is 0 Å². The van der Waals surface area contributed by atoms with Crippen LogP contribution in [0.25, 0.3) is 0 Å². The molecule has 1 amide bonds. The summed E-state index contributed by atoms with van der Waals surface area (Å²) in [6, 6.07) is 14.6. The van der Waals surface area contributed by atoms with E-state index in [1.54, 1.807) is 24.3 Å². The van der Waals surface area contributed by atoms with Crippen LogP contribution in [0.1, 0.15) is 15.9 Å². The Balaban J connectivity index is 1.78. The quantitative estimate of drug-likeness (QED) is 0.667. The average Bonchev–Trinajstić information content (AvgIpc) is 2.65. The molecule has 8 heteroatoms. The topological polar surface area (TPSA) is 75.3 Å². The number of nitrogens with one attached hydrogen (secondary N) is 2. The average molecular weight is 402 g/mol. The first-order chi connectivity index (χ1) is 13.2. The number of rotatable bonds is 5. The number of sulfonamides is 1. The molecule has 0 unspecified atom stereocenters. The molecule has 0 heterocycles. The van der Waals surface area contributed by atoms with Crippen molar-refractivity contribution >= 4 is 27.3 Å². The van der Waals surface area contributed by atoms with Crippen LogP contribution in [0.5, 0.6) is 0 Å². The van der Waals surface area contributed by atoms with Crippen LogP contribution in [0, 0.1) is 18.6 Å². The number of aryl methyl sites for hydroxylation is 1. The van der Waals surface area contributed by atoms with Crippen molar-refractivity contribution in [3.05, 3.63) is 89.5 Å². The number of halogens is 2. The lowest BCUT2D eigenvalue weighted by molar-refractivity contribution is 0.102. The Kier molecular flexibility index (Phi) is 5.41. The number of anilines is 2. The van der Waals surface area contributed by atoms with Gasteiger partial charge in [0.25, 0.3) is 15.9 Å². The summed E-state index contributed by atoms with van der Waals surface area (Å²) in [6.07, 6.45) is 0. The second-order valence-corrected chi connectivity index (χ2v) is 7.76. The lowest BCUT2D eigenvalue weighted by Gasteiger charge is -2.11. The van der Waals surface area contributed by atoms with Crippen LogP contribution in [-0.4, -0.2) is 14.3 Å². The molecule has 3 rings (SSSR count). The fourth-order valence-corrected chi connectivity index (χ4v) is 3.47. The molecule has 0 aromatic heterocycles. The van der Waals surface area contributed by atoms with E-state index in [4.69, 9.17) is 0 Å². The van der Waals surface area contributed by atoms with Crippen LogP contribution in [-0.2, 0) is 10.0 Å². The SMILES string of the molecule is Cc1ccc(NS(=O)(=O)c2ccc(NC(=O)c3ccc(F)cc3)c(F)c2)cc1. The van der Waals surface area contributed by atoms with Crippen LogP contribution in [0.4, 0.5) is 20.2 Å². The molecule has 0 radical (unpaired) electrons. The minimum absolute atomic E-state index is 0.138. The fourth-order valence-electron chi connectivity index (χ4n) is 2.40. The maximum absolute atomic E-state index is 14.3. The smallest absolute Gasteiger partial charge is 0.261 e. The molecule has 0 aliphatic carbocycles. The number of amides is 1. The second-order valence-electron chi connectivity index (χ2n) is 6.07. The number of carbonyl (C=O) groups excluding carboxylic acids is 1. The molecule has 0 atom stereocenters. The Morgan fingerprint density at radius 3 is 2.14 bits per heavy atom. The monoisotopic (exact) mass is 402 g/mol. The van der Waals surface area contributed by atoms with Gasteiger partial charge in [-0.05, 0) is 61.5 Å². The van der Waals surface area contributed by atoms with E-state index in [9.17, 15) is 22.0 Å². The van der Waals surface area contributed by atoms with E-state index < -0.39 is 27.6 Å². The predicted octanol–water partition coefficient (Wildman–Crippen LogP) is 4.33. The van der Waals surface area contributed by atoms with Gasteiger partial charge < -0.3 is 5.32 Å². The summed E-state index contributed by atoms with van der Waals surface area (Å²) in [5.41, 5.74) is 1.26. The summed E-state index contributed by atoms with van der Waals surface area (Å²) < 4.78 is 54.5. The predicted molar refractivity (Wildman–Crippen MR) is 103 cm³/mol. The minimum Gasteiger partial charge on any atom is -0.319 e. The third kappa shape index (κ3) is 4.52. The summed E-state index contributed by atoms with van der Waals surface area (Å²) in [5, 5.41) is 2.33. The molecular weight excluding hydrogens is 386 g/mol. The van der Waals surface area contributed by atoms with Crippen molar-refractivity contribution in [1.82, 2.24) is 0 Å². The van der Waals surface area contributed by atoms with Crippen molar-refractivity contribution in [2.24, 2.45) is 0 Å². The highest BCUT2D eigenvalue weighted by Crippen LogP contribution is 2.22. The maximum Gasteiger partial charge on any atom is 0.261 e. The molecule has 0 spiro atoms. The van der Waals surface area contributed by atoms with Gasteiger partial charge in [0.15, 0.2) is 0 Å². The molecule has 3 aromatic rings. The van der Waals surface area contributed by atoms with E-state index in [1.807, 2.05) is 6.92 Å². The lowest BCUT2D eigenvalue weighted by Crippen LogP contribution is -2.15. The Morgan fingerprint density at radius 2 is 1.54 bits per heavy atom. The molecule has 0 aliphatic rings. The van der Waals surface area contributed by atoms with Gasteiger partial charge in [-0.2, -0.15) is 0 Å². The van der Waals surface area contributed by atoms with Crippen molar-refractivity contribution in [3.63, 3.8) is 0 Å². The normalized spacial score (nSPS) is 11.1. The third-order valence-corrected chi connectivity index (χ3v) is 5.29. The summed E-state index contributed by atoms with van der Waals surface area (Å²) in [5.74, 6) is -2.06. The van der Waals surface area contributed by atoms with Crippen molar-refractivity contribution in [3.8, 4) is 0 Å². The fraction of sp³-hybridized carbons (Fsp3) is 0.0500. The number of carbonyl (C=O) groups is 1. The van der Waals surface area contributed by atoms with Crippen LogP contribution < -0.4 is 10.0 Å². The number of hydrogen-bond acceptors (Lipinski definition) is 3. The molecule has 5 nitrogen and oxygen atoms in total. The zero-order valence-electron chi connectivity index (χ0n) is 14.7. The Hall–Kier alpha value is -3.26. The lowest BCUT2D eigenvalue weighted by atomic mass is 10.2. The van der Waals surface area contributed by atoms with E-state index >= 15 is 0 Å². The van der Waals surface area contributed by atoms with Gasteiger partial charge in [0, 0.05) is 11.3 Å². The van der Waals surface area contributed by atoms with Gasteiger partial charge in [0.2, 0.25) is 0 Å². The largest absolute Gasteiger partial charge is 0.319 e. The maximum atomic E-state index is 14.3. The summed E-state index contributed by atoms with van der Waals surface area (Å²) in [7, 11) is -4.00. The summed E-state index contributed by atoms with van der Waals surface area (Å²) in [4.78, 5) is 11.8.